The molecular weight excluding hydrogens is 1820 g/mol. The first-order chi connectivity index (χ1) is 65.5. The molecule has 0 saturated carbocycles. The van der Waals surface area contributed by atoms with Crippen LogP contribution in [-0.2, 0) is 154 Å². The number of carbonyl (C=O) groups is 21. The van der Waals surface area contributed by atoms with Crippen molar-refractivity contribution in [3.8, 4) is 0 Å². The molecule has 49 nitrogen and oxygen atoms in total. The van der Waals surface area contributed by atoms with Gasteiger partial charge in [0, 0.05) is 202 Å². The van der Waals surface area contributed by atoms with Gasteiger partial charge in [-0.2, -0.15) is 0 Å². The minimum absolute atomic E-state index is 0.0531. The molecule has 3 aromatic heterocycles. The lowest BCUT2D eigenvalue weighted by Crippen LogP contribution is -2.47. The second-order valence-electron chi connectivity index (χ2n) is 35.2. The van der Waals surface area contributed by atoms with Gasteiger partial charge in [0.05, 0.1) is 174 Å². The molecule has 0 bridgehead atoms. The third-order valence-corrected chi connectivity index (χ3v) is 22.4. The fourth-order valence-corrected chi connectivity index (χ4v) is 12.9. The van der Waals surface area contributed by atoms with Crippen molar-refractivity contribution in [3.63, 3.8) is 0 Å². The number of nitrogens with zero attached hydrogens (tertiary/aromatic N) is 25. The average molecular weight is 1960 g/mol. The molecule has 0 aromatic carbocycles. The van der Waals surface area contributed by atoms with Crippen molar-refractivity contribution >= 4 is 123 Å². The normalized spacial score (nSPS) is 11.0. The van der Waals surface area contributed by atoms with Gasteiger partial charge in [-0.15, -0.1) is 15.3 Å². The summed E-state index contributed by atoms with van der Waals surface area (Å²) < 4.78 is 22.5. The fraction of sp³-hybridized carbons (Fsp3) is 0.700. The fourth-order valence-electron chi connectivity index (χ4n) is 12.9. The van der Waals surface area contributed by atoms with Gasteiger partial charge < -0.3 is 102 Å². The van der Waals surface area contributed by atoms with Crippen LogP contribution in [0.15, 0.2) is 18.6 Å². The molecule has 3 aromatic rings. The lowest BCUT2D eigenvalue weighted by molar-refractivity contribution is -0.145. The van der Waals surface area contributed by atoms with Crippen molar-refractivity contribution < 1.29 is 115 Å². The topological polar surface area (TPSA) is 530 Å². The van der Waals surface area contributed by atoms with Gasteiger partial charge in [-0.25, -0.2) is 0 Å². The Balaban J connectivity index is 1.49. The summed E-state index contributed by atoms with van der Waals surface area (Å²) in [4.78, 5) is 289. The molecular formula is C90H147N25O24. The number of rotatable bonds is 72. The van der Waals surface area contributed by atoms with Crippen molar-refractivity contribution in [3.05, 3.63) is 35.7 Å². The van der Waals surface area contributed by atoms with E-state index in [0.717, 1.165) is 44.1 Å². The van der Waals surface area contributed by atoms with E-state index in [0.29, 0.717) is 114 Å². The minimum Gasteiger partial charge on any atom is -0.380 e. The molecule has 0 unspecified atom stereocenters. The van der Waals surface area contributed by atoms with Gasteiger partial charge in [0.15, 0.2) is 17.3 Å². The molecule has 3 rings (SSSR count). The first-order valence-corrected chi connectivity index (χ1v) is 46.3. The van der Waals surface area contributed by atoms with Gasteiger partial charge >= 0.3 is 0 Å². The van der Waals surface area contributed by atoms with Gasteiger partial charge in [0.1, 0.15) is 17.3 Å². The number of Topliss-reactive ketones (excluding diaryl/α,β-unsaturated/α-hetero) is 6. The number of hydrogen-bond donors (Lipinski definition) is 0. The van der Waals surface area contributed by atoms with E-state index < -0.39 is 148 Å². The molecule has 0 N–H and O–H groups in total. The molecule has 3 heterocycles. The molecule has 0 saturated heterocycles. The van der Waals surface area contributed by atoms with Crippen LogP contribution in [0, 0.1) is 0 Å². The maximum absolute atomic E-state index is 13.3. The van der Waals surface area contributed by atoms with E-state index in [1.54, 1.807) is 32.6 Å². The average Bonchev–Trinajstić information content (AvgIpc) is 1.83. The van der Waals surface area contributed by atoms with Gasteiger partial charge in [0.2, 0.25) is 88.6 Å². The Morgan fingerprint density at radius 2 is 0.396 bits per heavy atom. The number of likely N-dealkylation sites (N-methyl/N-ethyl adjacent to an activating group) is 15. The Bertz CT molecular complexity index is 4150. The lowest BCUT2D eigenvalue weighted by Gasteiger charge is -2.26. The molecule has 49 heteroatoms. The number of hydrogen-bond acceptors (Lipinski definition) is 31. The first kappa shape index (κ1) is 120. The molecule has 776 valence electrons. The molecule has 0 fully saturated rings. The van der Waals surface area contributed by atoms with Gasteiger partial charge in [-0.05, 0) is 78.6 Å². The number of ketones is 6. The van der Waals surface area contributed by atoms with Gasteiger partial charge in [-0.3, -0.25) is 105 Å². The maximum atomic E-state index is 13.3. The van der Waals surface area contributed by atoms with Crippen molar-refractivity contribution in [1.29, 1.82) is 0 Å². The Morgan fingerprint density at radius 3 is 0.576 bits per heavy atom. The van der Waals surface area contributed by atoms with E-state index in [1.165, 1.54) is 156 Å². The summed E-state index contributed by atoms with van der Waals surface area (Å²) in [5.41, 5.74) is 2.10. The summed E-state index contributed by atoms with van der Waals surface area (Å²) in [6.45, 7) is 1.39. The summed E-state index contributed by atoms with van der Waals surface area (Å²) in [6, 6.07) is 0. The minimum atomic E-state index is -0.610. The predicted molar refractivity (Wildman–Crippen MR) is 501 cm³/mol. The molecule has 0 aliphatic heterocycles. The summed E-state index contributed by atoms with van der Waals surface area (Å²) in [5, 5.41) is 24.3. The standard InChI is InChI=1S/C90H147N25O24/c1-67(116)28-31-70-49-113(94-91-70)37-22-19-25-73(119)52-97(4)79(125)58-103(10)85(131)64-109(16)88(134)61-106(13)82(128)55-100(7)76(122)34-43-137-46-40-112(41-47-138-44-35-77(123)101(8)56-83(129)107(14)62-89(135)110(17)65-86(132)104(11)59-80(126)98(5)53-74(120)26-20-23-38-114-50-71(92-95-114)32-29-68(2)117)42-48-139-45-36-78(124)102(9)57-84(130)108(15)63-90(136)111(18)66-87(133)105(12)60-81(127)99(6)54-75(121)27-21-24-39-115-51-72(93-96-115)33-30-69(3)118/h49-51H,19-48,52-66H2,1-18H3. The lowest BCUT2D eigenvalue weighted by atomic mass is 10.1. The van der Waals surface area contributed by atoms with Crippen LogP contribution in [0.5, 0.6) is 0 Å². The molecule has 0 aliphatic carbocycles. The van der Waals surface area contributed by atoms with Gasteiger partial charge in [0.25, 0.3) is 0 Å². The zero-order valence-electron chi connectivity index (χ0n) is 84.5. The molecule has 15 amide bonds. The molecule has 0 radical (unpaired) electrons. The molecule has 0 atom stereocenters. The highest BCUT2D eigenvalue weighted by molar-refractivity contribution is 5.96. The molecule has 0 aliphatic rings. The van der Waals surface area contributed by atoms with Crippen LogP contribution in [-0.4, -0.2) is 510 Å². The van der Waals surface area contributed by atoms with E-state index in [-0.39, 0.29) is 172 Å². The summed E-state index contributed by atoms with van der Waals surface area (Å²) >= 11 is 0. The summed E-state index contributed by atoms with van der Waals surface area (Å²) in [5.74, 6) is -8.63. The van der Waals surface area contributed by atoms with Crippen molar-refractivity contribution in [2.75, 3.05) is 263 Å². The maximum Gasteiger partial charge on any atom is 0.242 e. The largest absolute Gasteiger partial charge is 0.380 e. The van der Waals surface area contributed by atoms with Crippen LogP contribution < -0.4 is 0 Å². The zero-order valence-corrected chi connectivity index (χ0v) is 84.5. The second-order valence-corrected chi connectivity index (χ2v) is 35.2. The number of aryl methyl sites for hydroxylation is 6. The van der Waals surface area contributed by atoms with Crippen molar-refractivity contribution in [2.45, 2.75) is 156 Å². The number of unbranched alkanes of at least 4 members (excludes halogenated alkanes) is 3. The van der Waals surface area contributed by atoms with Crippen LogP contribution in [0.2, 0.25) is 0 Å². The van der Waals surface area contributed by atoms with E-state index in [9.17, 15) is 101 Å². The van der Waals surface area contributed by atoms with E-state index >= 15 is 0 Å². The second kappa shape index (κ2) is 64.5. The van der Waals surface area contributed by atoms with Gasteiger partial charge in [-0.1, -0.05) is 15.6 Å². The highest BCUT2D eigenvalue weighted by atomic mass is 16.5. The molecule has 0 spiro atoms. The number of ether oxygens (including phenoxy) is 3. The van der Waals surface area contributed by atoms with Crippen LogP contribution in [0.3, 0.4) is 0 Å². The SMILES string of the molecule is CC(=O)CCc1cn(CCCCC(=O)CN(C)C(=O)CN(C)C(=O)CN(C)C(=O)CN(C)C(=O)CN(C)C(=O)CCOCCN(CCOCCC(=O)N(C)CC(=O)N(C)CC(=O)N(C)CC(=O)N(C)CC(=O)N(C)CC(=O)CCCCn2cc(CCC(C)=O)nn2)CCOCCC(=O)N(C)CC(=O)N(C)CC(=O)N(C)CC(=O)N(C)CC(=O)N(C)CC(=O)CCCCn2cc(CCC(C)=O)nn2)nn1. The number of carbonyl (C=O) groups excluding carboxylic acids is 21. The van der Waals surface area contributed by atoms with Crippen molar-refractivity contribution in [1.82, 2.24) is 123 Å². The Kier molecular flexibility index (Phi) is 55.9. The van der Waals surface area contributed by atoms with Crippen LogP contribution >= 0.6 is 0 Å². The molecule has 139 heavy (non-hydrogen) atoms. The monoisotopic (exact) mass is 1960 g/mol. The third kappa shape index (κ3) is 50.5. The quantitative estimate of drug-likeness (QED) is 0.0487. The Labute approximate surface area is 812 Å². The smallest absolute Gasteiger partial charge is 0.242 e. The number of amides is 15. The van der Waals surface area contributed by atoms with Crippen LogP contribution in [0.25, 0.3) is 0 Å². The highest BCUT2D eigenvalue weighted by Gasteiger charge is 2.30. The van der Waals surface area contributed by atoms with Crippen LogP contribution in [0.4, 0.5) is 0 Å². The Morgan fingerprint density at radius 1 is 0.223 bits per heavy atom. The van der Waals surface area contributed by atoms with E-state index in [2.05, 4.69) is 30.9 Å². The van der Waals surface area contributed by atoms with Crippen LogP contribution in [0.1, 0.15) is 134 Å². The number of aromatic nitrogens is 9. The first-order valence-electron chi connectivity index (χ1n) is 46.3. The zero-order chi connectivity index (χ0) is 104. The Hall–Kier alpha value is -12.7. The van der Waals surface area contributed by atoms with E-state index in [4.69, 9.17) is 14.2 Å². The third-order valence-electron chi connectivity index (χ3n) is 22.4. The van der Waals surface area contributed by atoms with E-state index in [1.807, 2.05) is 4.90 Å². The highest BCUT2D eigenvalue weighted by Crippen LogP contribution is 2.12. The summed E-state index contributed by atoms with van der Waals surface area (Å²) in [6.07, 6.45) is 11.6. The van der Waals surface area contributed by atoms with Crippen molar-refractivity contribution in [2.24, 2.45) is 0 Å². The predicted octanol–water partition coefficient (Wildman–Crippen LogP) is -3.96. The summed E-state index contributed by atoms with van der Waals surface area (Å²) in [7, 11) is 20.8.